The zero-order valence-corrected chi connectivity index (χ0v) is 18.6. The minimum absolute atomic E-state index is 0.0257. The summed E-state index contributed by atoms with van der Waals surface area (Å²) in [5.41, 5.74) is 5.55. The first-order valence-electron chi connectivity index (χ1n) is 10.4. The highest BCUT2D eigenvalue weighted by molar-refractivity contribution is 5.88. The van der Waals surface area contributed by atoms with E-state index < -0.39 is 6.04 Å². The molecule has 2 aromatic rings. The Morgan fingerprint density at radius 2 is 1.66 bits per heavy atom. The van der Waals surface area contributed by atoms with Crippen molar-refractivity contribution in [3.63, 3.8) is 0 Å². The number of carbonyl (C=O) groups is 2. The Balaban J connectivity index is 2.33. The van der Waals surface area contributed by atoms with Gasteiger partial charge in [0, 0.05) is 12.6 Å². The summed E-state index contributed by atoms with van der Waals surface area (Å²) in [7, 11) is 0. The van der Waals surface area contributed by atoms with Crippen molar-refractivity contribution in [2.24, 2.45) is 0 Å². The minimum Gasteiger partial charge on any atom is -0.352 e. The molecule has 1 atom stereocenters. The van der Waals surface area contributed by atoms with Crippen LogP contribution in [0.2, 0.25) is 0 Å². The van der Waals surface area contributed by atoms with Gasteiger partial charge in [-0.1, -0.05) is 49.4 Å². The Morgan fingerprint density at radius 1 is 0.966 bits per heavy atom. The second kappa shape index (κ2) is 10.2. The second-order valence-electron chi connectivity index (χ2n) is 8.13. The van der Waals surface area contributed by atoms with E-state index in [4.69, 9.17) is 0 Å². The standard InChI is InChI=1S/C25H34N2O2/c1-7-23(25(29)26-17(2)3)27(16-22-11-9-8-10-19(22)5)24(28)15-21-13-12-18(4)20(6)14-21/h8-14,17,23H,7,15-16H2,1-6H3,(H,26,29). The van der Waals surface area contributed by atoms with Gasteiger partial charge in [0.25, 0.3) is 0 Å². The van der Waals surface area contributed by atoms with Crippen LogP contribution < -0.4 is 5.32 Å². The quantitative estimate of drug-likeness (QED) is 0.717. The molecule has 1 N–H and O–H groups in total. The van der Waals surface area contributed by atoms with Crippen LogP contribution in [0.15, 0.2) is 42.5 Å². The molecule has 0 fully saturated rings. The summed E-state index contributed by atoms with van der Waals surface area (Å²) in [4.78, 5) is 28.0. The number of nitrogens with zero attached hydrogens (tertiary/aromatic N) is 1. The van der Waals surface area contributed by atoms with Crippen LogP contribution in [0.5, 0.6) is 0 Å². The zero-order valence-electron chi connectivity index (χ0n) is 18.6. The van der Waals surface area contributed by atoms with E-state index in [0.717, 1.165) is 16.7 Å². The molecule has 2 amide bonds. The summed E-state index contributed by atoms with van der Waals surface area (Å²) in [6, 6.07) is 13.7. The zero-order chi connectivity index (χ0) is 21.6. The minimum atomic E-state index is -0.490. The molecule has 0 bridgehead atoms. The molecule has 156 valence electrons. The number of benzene rings is 2. The van der Waals surface area contributed by atoms with Gasteiger partial charge in [-0.3, -0.25) is 9.59 Å². The second-order valence-corrected chi connectivity index (χ2v) is 8.13. The highest BCUT2D eigenvalue weighted by Crippen LogP contribution is 2.18. The Morgan fingerprint density at radius 3 is 2.24 bits per heavy atom. The highest BCUT2D eigenvalue weighted by Gasteiger charge is 2.29. The first kappa shape index (κ1) is 22.7. The van der Waals surface area contributed by atoms with Crippen molar-refractivity contribution >= 4 is 11.8 Å². The summed E-state index contributed by atoms with van der Waals surface area (Å²) in [6.45, 7) is 12.4. The van der Waals surface area contributed by atoms with Crippen LogP contribution in [0.1, 0.15) is 55.0 Å². The van der Waals surface area contributed by atoms with E-state index >= 15 is 0 Å². The van der Waals surface area contributed by atoms with E-state index in [1.54, 1.807) is 4.90 Å². The van der Waals surface area contributed by atoms with E-state index in [1.165, 1.54) is 11.1 Å². The van der Waals surface area contributed by atoms with Crippen molar-refractivity contribution in [3.05, 3.63) is 70.3 Å². The Bertz CT molecular complexity index is 858. The monoisotopic (exact) mass is 394 g/mol. The Hall–Kier alpha value is -2.62. The fourth-order valence-corrected chi connectivity index (χ4v) is 3.46. The molecule has 1 unspecified atom stereocenters. The third-order valence-electron chi connectivity index (χ3n) is 5.35. The maximum atomic E-state index is 13.4. The van der Waals surface area contributed by atoms with E-state index in [9.17, 15) is 9.59 Å². The molecule has 29 heavy (non-hydrogen) atoms. The topological polar surface area (TPSA) is 49.4 Å². The van der Waals surface area contributed by atoms with E-state index in [2.05, 4.69) is 25.2 Å². The van der Waals surface area contributed by atoms with Gasteiger partial charge in [-0.25, -0.2) is 0 Å². The fraction of sp³-hybridized carbons (Fsp3) is 0.440. The van der Waals surface area contributed by atoms with Crippen LogP contribution in [0.4, 0.5) is 0 Å². The maximum absolute atomic E-state index is 13.4. The van der Waals surface area contributed by atoms with Crippen LogP contribution in [-0.2, 0) is 22.6 Å². The highest BCUT2D eigenvalue weighted by atomic mass is 16.2. The van der Waals surface area contributed by atoms with Gasteiger partial charge in [-0.15, -0.1) is 0 Å². The summed E-state index contributed by atoms with van der Waals surface area (Å²) in [6.07, 6.45) is 0.863. The molecule has 0 saturated heterocycles. The molecular formula is C25H34N2O2. The molecule has 4 heteroatoms. The molecule has 0 spiro atoms. The van der Waals surface area contributed by atoms with Crippen LogP contribution in [0.3, 0.4) is 0 Å². The van der Waals surface area contributed by atoms with Crippen molar-refractivity contribution in [2.75, 3.05) is 0 Å². The smallest absolute Gasteiger partial charge is 0.243 e. The third-order valence-corrected chi connectivity index (χ3v) is 5.35. The Labute approximate surface area is 175 Å². The lowest BCUT2D eigenvalue weighted by atomic mass is 10.0. The first-order chi connectivity index (χ1) is 13.7. The lowest BCUT2D eigenvalue weighted by molar-refractivity contribution is -0.141. The van der Waals surface area contributed by atoms with Gasteiger partial charge in [0.2, 0.25) is 11.8 Å². The van der Waals surface area contributed by atoms with Gasteiger partial charge in [0.15, 0.2) is 0 Å². The molecule has 2 rings (SSSR count). The van der Waals surface area contributed by atoms with E-state index in [-0.39, 0.29) is 17.9 Å². The van der Waals surface area contributed by atoms with Gasteiger partial charge in [-0.2, -0.15) is 0 Å². The Kier molecular flexibility index (Phi) is 8.00. The molecule has 0 aliphatic rings. The van der Waals surface area contributed by atoms with Crippen molar-refractivity contribution in [2.45, 2.75) is 73.0 Å². The molecule has 0 heterocycles. The number of hydrogen-bond donors (Lipinski definition) is 1. The average molecular weight is 395 g/mol. The van der Waals surface area contributed by atoms with Gasteiger partial charge in [-0.05, 0) is 68.9 Å². The molecule has 0 aromatic heterocycles. The van der Waals surface area contributed by atoms with Gasteiger partial charge in [0.1, 0.15) is 6.04 Å². The number of aryl methyl sites for hydroxylation is 3. The molecule has 0 radical (unpaired) electrons. The molecular weight excluding hydrogens is 360 g/mol. The van der Waals surface area contributed by atoms with Crippen LogP contribution >= 0.6 is 0 Å². The third kappa shape index (κ3) is 6.18. The van der Waals surface area contributed by atoms with Crippen LogP contribution in [0.25, 0.3) is 0 Å². The molecule has 4 nitrogen and oxygen atoms in total. The van der Waals surface area contributed by atoms with E-state index in [1.807, 2.05) is 64.1 Å². The van der Waals surface area contributed by atoms with Crippen molar-refractivity contribution < 1.29 is 9.59 Å². The molecule has 0 aliphatic heterocycles. The number of hydrogen-bond acceptors (Lipinski definition) is 2. The van der Waals surface area contributed by atoms with Gasteiger partial charge >= 0.3 is 0 Å². The number of carbonyl (C=O) groups excluding carboxylic acids is 2. The van der Waals surface area contributed by atoms with Gasteiger partial charge < -0.3 is 10.2 Å². The lowest BCUT2D eigenvalue weighted by Gasteiger charge is -2.31. The summed E-state index contributed by atoms with van der Waals surface area (Å²) >= 11 is 0. The molecule has 0 aliphatic carbocycles. The predicted octanol–water partition coefficient (Wildman–Crippen LogP) is 4.49. The molecule has 0 saturated carbocycles. The number of nitrogens with one attached hydrogen (secondary N) is 1. The SMILES string of the molecule is CCC(C(=O)NC(C)C)N(Cc1ccccc1C)C(=O)Cc1ccc(C)c(C)c1. The number of amides is 2. The average Bonchev–Trinajstić information content (AvgIpc) is 2.65. The first-order valence-corrected chi connectivity index (χ1v) is 10.4. The molecule has 2 aromatic carbocycles. The largest absolute Gasteiger partial charge is 0.352 e. The summed E-state index contributed by atoms with van der Waals surface area (Å²) in [5, 5.41) is 2.98. The predicted molar refractivity (Wildman–Crippen MR) is 119 cm³/mol. The fourth-order valence-electron chi connectivity index (χ4n) is 3.46. The summed E-state index contributed by atoms with van der Waals surface area (Å²) in [5.74, 6) is -0.119. The maximum Gasteiger partial charge on any atom is 0.243 e. The van der Waals surface area contributed by atoms with Crippen molar-refractivity contribution in [1.82, 2.24) is 10.2 Å². The van der Waals surface area contributed by atoms with Crippen LogP contribution in [-0.4, -0.2) is 28.8 Å². The van der Waals surface area contributed by atoms with Crippen LogP contribution in [0, 0.1) is 20.8 Å². The van der Waals surface area contributed by atoms with Gasteiger partial charge in [0.05, 0.1) is 6.42 Å². The van der Waals surface area contributed by atoms with Crippen molar-refractivity contribution in [1.29, 1.82) is 0 Å². The van der Waals surface area contributed by atoms with E-state index in [0.29, 0.717) is 19.4 Å². The normalized spacial score (nSPS) is 12.0. The number of rotatable bonds is 8. The lowest BCUT2D eigenvalue weighted by Crippen LogP contribution is -2.50. The summed E-state index contributed by atoms with van der Waals surface area (Å²) < 4.78 is 0. The van der Waals surface area contributed by atoms with Crippen molar-refractivity contribution in [3.8, 4) is 0 Å².